The van der Waals surface area contributed by atoms with Crippen molar-refractivity contribution in [3.63, 3.8) is 0 Å². The Morgan fingerprint density at radius 2 is 1.86 bits per heavy atom. The lowest BCUT2D eigenvalue weighted by Gasteiger charge is -2.39. The van der Waals surface area contributed by atoms with Gasteiger partial charge < -0.3 is 10.0 Å². The van der Waals surface area contributed by atoms with Gasteiger partial charge in [-0.15, -0.1) is 5.10 Å². The summed E-state index contributed by atoms with van der Waals surface area (Å²) in [5.74, 6) is -1.68. The number of nitrogens with zero attached hydrogens (tertiary/aromatic N) is 9. The van der Waals surface area contributed by atoms with E-state index in [1.807, 2.05) is 0 Å². The lowest BCUT2D eigenvalue weighted by Crippen LogP contribution is -2.53. The van der Waals surface area contributed by atoms with E-state index in [2.05, 4.69) is 25.6 Å². The number of carbonyl (C=O) groups excluding carboxylic acids is 1. The number of rotatable bonds is 7. The summed E-state index contributed by atoms with van der Waals surface area (Å²) in [5.41, 5.74) is -0.681. The first-order chi connectivity index (χ1) is 16.9. The number of benzene rings is 2. The molecule has 1 fully saturated rings. The Morgan fingerprint density at radius 3 is 2.51 bits per heavy atom. The standard InChI is InChI=1S/C22H21F2N9O2/c1-15(22(35,11-30-13-25-12-27-30)19-7-2-16(23)10-20(19)24)31-8-9-32(21(31)34)17-3-5-18(6-4-17)33-14-26-28-29-33/h2-7,10,12-15,35H,8-9,11H2,1H3/t15-,22-/m1/s1. The third-order valence-electron chi connectivity index (χ3n) is 6.24. The summed E-state index contributed by atoms with van der Waals surface area (Å²) in [6.07, 6.45) is 4.13. The number of aromatic nitrogens is 7. The van der Waals surface area contributed by atoms with Gasteiger partial charge in [-0.3, -0.25) is 4.90 Å². The van der Waals surface area contributed by atoms with Crippen LogP contribution in [0.3, 0.4) is 0 Å². The molecule has 180 valence electrons. The average molecular weight is 481 g/mol. The highest BCUT2D eigenvalue weighted by Crippen LogP contribution is 2.35. The van der Waals surface area contributed by atoms with E-state index in [4.69, 9.17) is 0 Å². The van der Waals surface area contributed by atoms with Crippen LogP contribution in [-0.4, -0.2) is 70.1 Å². The van der Waals surface area contributed by atoms with E-state index in [1.54, 1.807) is 36.1 Å². The second-order valence-electron chi connectivity index (χ2n) is 8.22. The molecule has 0 saturated carbocycles. The third kappa shape index (κ3) is 4.10. The Kier molecular flexibility index (Phi) is 5.68. The van der Waals surface area contributed by atoms with Crippen LogP contribution in [-0.2, 0) is 12.1 Å². The summed E-state index contributed by atoms with van der Waals surface area (Å²) in [5, 5.41) is 26.8. The molecule has 35 heavy (non-hydrogen) atoms. The van der Waals surface area contributed by atoms with Gasteiger partial charge in [0.25, 0.3) is 0 Å². The van der Waals surface area contributed by atoms with Crippen LogP contribution in [0.1, 0.15) is 12.5 Å². The van der Waals surface area contributed by atoms with Gasteiger partial charge in [-0.2, -0.15) is 5.10 Å². The minimum Gasteiger partial charge on any atom is -0.381 e. The van der Waals surface area contributed by atoms with E-state index < -0.39 is 23.3 Å². The van der Waals surface area contributed by atoms with Crippen molar-refractivity contribution in [1.29, 1.82) is 0 Å². The molecule has 3 heterocycles. The van der Waals surface area contributed by atoms with Crippen LogP contribution in [0.15, 0.2) is 61.4 Å². The highest BCUT2D eigenvalue weighted by Gasteiger charge is 2.46. The van der Waals surface area contributed by atoms with E-state index in [9.17, 15) is 18.7 Å². The van der Waals surface area contributed by atoms with E-state index in [-0.39, 0.29) is 24.7 Å². The summed E-state index contributed by atoms with van der Waals surface area (Å²) in [7, 11) is 0. The van der Waals surface area contributed by atoms with Gasteiger partial charge in [-0.25, -0.2) is 27.9 Å². The Bertz CT molecular complexity index is 1320. The zero-order chi connectivity index (χ0) is 24.6. The second-order valence-corrected chi connectivity index (χ2v) is 8.22. The van der Waals surface area contributed by atoms with E-state index in [1.165, 1.54) is 39.3 Å². The monoisotopic (exact) mass is 481 g/mol. The number of tetrazole rings is 1. The minimum atomic E-state index is -1.92. The van der Waals surface area contributed by atoms with Gasteiger partial charge in [-0.1, -0.05) is 6.07 Å². The van der Waals surface area contributed by atoms with Crippen molar-refractivity contribution >= 4 is 11.7 Å². The van der Waals surface area contributed by atoms with Gasteiger partial charge in [0.2, 0.25) is 0 Å². The molecule has 2 amide bonds. The van der Waals surface area contributed by atoms with E-state index in [0.29, 0.717) is 18.3 Å². The SMILES string of the molecule is C[C@@H](N1CCN(c2ccc(-n3cnnn3)cc2)C1=O)[C@](O)(Cn1cncn1)c1ccc(F)cc1F. The van der Waals surface area contributed by atoms with Crippen LogP contribution in [0.5, 0.6) is 0 Å². The highest BCUT2D eigenvalue weighted by atomic mass is 19.1. The molecule has 5 rings (SSSR count). The van der Waals surface area contributed by atoms with Gasteiger partial charge in [0.05, 0.1) is 18.3 Å². The summed E-state index contributed by atoms with van der Waals surface area (Å²) < 4.78 is 31.3. The number of amides is 2. The van der Waals surface area contributed by atoms with E-state index >= 15 is 0 Å². The lowest BCUT2D eigenvalue weighted by atomic mass is 9.85. The summed E-state index contributed by atoms with van der Waals surface area (Å²) >= 11 is 0. The zero-order valence-electron chi connectivity index (χ0n) is 18.6. The molecule has 1 N–H and O–H groups in total. The largest absolute Gasteiger partial charge is 0.381 e. The van der Waals surface area contributed by atoms with Crippen LogP contribution in [0, 0.1) is 11.6 Å². The summed E-state index contributed by atoms with van der Waals surface area (Å²) in [4.78, 5) is 20.3. The number of anilines is 1. The molecule has 0 spiro atoms. The van der Waals surface area contributed by atoms with E-state index in [0.717, 1.165) is 11.8 Å². The predicted octanol–water partition coefficient (Wildman–Crippen LogP) is 1.75. The van der Waals surface area contributed by atoms with Gasteiger partial charge in [0.1, 0.15) is 36.2 Å². The Balaban J connectivity index is 1.43. The topological polar surface area (TPSA) is 118 Å². The number of hydrogen-bond donors (Lipinski definition) is 1. The molecule has 11 nitrogen and oxygen atoms in total. The van der Waals surface area contributed by atoms with Crippen LogP contribution in [0.4, 0.5) is 19.3 Å². The molecular formula is C22H21F2N9O2. The zero-order valence-corrected chi connectivity index (χ0v) is 18.6. The van der Waals surface area contributed by atoms with Gasteiger partial charge in [0.15, 0.2) is 0 Å². The van der Waals surface area contributed by atoms with Crippen molar-refractivity contribution in [2.45, 2.75) is 25.1 Å². The van der Waals surface area contributed by atoms with Crippen molar-refractivity contribution in [2.75, 3.05) is 18.0 Å². The molecule has 0 radical (unpaired) electrons. The van der Waals surface area contributed by atoms with Crippen molar-refractivity contribution in [3.8, 4) is 5.69 Å². The minimum absolute atomic E-state index is 0.140. The van der Waals surface area contributed by atoms with Gasteiger partial charge in [-0.05, 0) is 47.7 Å². The first-order valence-corrected chi connectivity index (χ1v) is 10.8. The van der Waals surface area contributed by atoms with Crippen molar-refractivity contribution < 1.29 is 18.7 Å². The molecule has 4 aromatic rings. The quantitative estimate of drug-likeness (QED) is 0.427. The van der Waals surface area contributed by atoms with Crippen molar-refractivity contribution in [2.24, 2.45) is 0 Å². The van der Waals surface area contributed by atoms with Gasteiger partial charge >= 0.3 is 6.03 Å². The van der Waals surface area contributed by atoms with Crippen LogP contribution < -0.4 is 4.90 Å². The third-order valence-corrected chi connectivity index (χ3v) is 6.24. The van der Waals surface area contributed by atoms with Crippen LogP contribution in [0.25, 0.3) is 5.69 Å². The highest BCUT2D eigenvalue weighted by molar-refractivity contribution is 5.94. The number of urea groups is 1. The molecule has 1 aliphatic heterocycles. The molecule has 1 saturated heterocycles. The molecule has 13 heteroatoms. The fourth-order valence-electron chi connectivity index (χ4n) is 4.32. The Morgan fingerprint density at radius 1 is 1.09 bits per heavy atom. The number of halogens is 2. The smallest absolute Gasteiger partial charge is 0.324 e. The van der Waals surface area contributed by atoms with Crippen molar-refractivity contribution in [1.82, 2.24) is 39.9 Å². The summed E-state index contributed by atoms with van der Waals surface area (Å²) in [6, 6.07) is 8.82. The van der Waals surface area contributed by atoms with Crippen LogP contribution in [0.2, 0.25) is 0 Å². The molecule has 2 aromatic carbocycles. The predicted molar refractivity (Wildman–Crippen MR) is 118 cm³/mol. The Hall–Kier alpha value is -4.26. The summed E-state index contributed by atoms with van der Waals surface area (Å²) in [6.45, 7) is 2.08. The first kappa shape index (κ1) is 22.5. The average Bonchev–Trinajstić information content (AvgIpc) is 3.61. The molecule has 0 bridgehead atoms. The fraction of sp³-hybridized carbons (Fsp3) is 0.273. The fourth-order valence-corrected chi connectivity index (χ4v) is 4.32. The molecule has 2 atom stereocenters. The first-order valence-electron chi connectivity index (χ1n) is 10.8. The number of hydrogen-bond acceptors (Lipinski definition) is 7. The molecule has 1 aliphatic rings. The molecular weight excluding hydrogens is 460 g/mol. The number of carbonyl (C=O) groups is 1. The Labute approximate surface area is 198 Å². The normalized spacial score (nSPS) is 16.5. The molecule has 0 unspecified atom stereocenters. The van der Waals surface area contributed by atoms with Gasteiger partial charge in [0, 0.05) is 30.4 Å². The maximum absolute atomic E-state index is 14.8. The maximum Gasteiger partial charge on any atom is 0.324 e. The second kappa shape index (κ2) is 8.83. The molecule has 0 aliphatic carbocycles. The van der Waals surface area contributed by atoms with Crippen LogP contribution >= 0.6 is 0 Å². The number of aliphatic hydroxyl groups is 1. The maximum atomic E-state index is 14.8. The lowest BCUT2D eigenvalue weighted by molar-refractivity contribution is -0.0475. The van der Waals surface area contributed by atoms with Crippen molar-refractivity contribution in [3.05, 3.63) is 78.6 Å². The molecule has 2 aromatic heterocycles.